The molecule has 118 valence electrons. The molecule has 0 aliphatic carbocycles. The van der Waals surface area contributed by atoms with Crippen LogP contribution in [0.2, 0.25) is 0 Å². The van der Waals surface area contributed by atoms with Crippen molar-refractivity contribution in [3.05, 3.63) is 29.2 Å². The first-order chi connectivity index (χ1) is 9.51. The Morgan fingerprint density at radius 2 is 1.95 bits per heavy atom. The van der Waals surface area contributed by atoms with Crippen LogP contribution in [0, 0.1) is 19.8 Å². The van der Waals surface area contributed by atoms with Gasteiger partial charge in [0.05, 0.1) is 18.4 Å². The second kappa shape index (κ2) is 7.50. The van der Waals surface area contributed by atoms with Gasteiger partial charge in [0.1, 0.15) is 5.82 Å². The number of anilines is 1. The summed E-state index contributed by atoms with van der Waals surface area (Å²) in [6, 6.07) is 2.10. The lowest BCUT2D eigenvalue weighted by Gasteiger charge is -2.08. The molecule has 21 heavy (non-hydrogen) atoms. The van der Waals surface area contributed by atoms with E-state index in [-0.39, 0.29) is 12.4 Å². The molecule has 0 radical (unpaired) electrons. The topological polar surface area (TPSA) is 47.7 Å². The highest BCUT2D eigenvalue weighted by molar-refractivity contribution is 5.85. The third-order valence-electron chi connectivity index (χ3n) is 3.41. The molecular weight excluding hydrogens is 286 g/mol. The third kappa shape index (κ3) is 4.24. The number of aryl methyl sites for hydroxylation is 3. The van der Waals surface area contributed by atoms with Crippen LogP contribution in [0.15, 0.2) is 12.3 Å². The Kier molecular flexibility index (Phi) is 6.27. The van der Waals surface area contributed by atoms with Gasteiger partial charge in [0.15, 0.2) is 0 Å². The molecule has 2 aromatic heterocycles. The largest absolute Gasteiger partial charge is 0.363 e. The first kappa shape index (κ1) is 17.6. The summed E-state index contributed by atoms with van der Waals surface area (Å²) in [5, 5.41) is 12.4. The maximum Gasteiger partial charge on any atom is 0.148 e. The predicted molar refractivity (Wildman–Crippen MR) is 89.0 cm³/mol. The van der Waals surface area contributed by atoms with Gasteiger partial charge in [-0.2, -0.15) is 10.2 Å². The molecule has 0 fully saturated rings. The van der Waals surface area contributed by atoms with E-state index in [9.17, 15) is 0 Å². The van der Waals surface area contributed by atoms with Crippen LogP contribution >= 0.6 is 12.4 Å². The highest BCUT2D eigenvalue weighted by Gasteiger charge is 2.09. The molecule has 2 aromatic rings. The first-order valence-electron chi connectivity index (χ1n) is 7.30. The minimum absolute atomic E-state index is 0. The van der Waals surface area contributed by atoms with Crippen LogP contribution in [-0.2, 0) is 19.6 Å². The van der Waals surface area contributed by atoms with Gasteiger partial charge in [0.25, 0.3) is 0 Å². The Labute approximate surface area is 133 Å². The summed E-state index contributed by atoms with van der Waals surface area (Å²) in [7, 11) is 0. The molecule has 0 unspecified atom stereocenters. The zero-order chi connectivity index (χ0) is 14.7. The van der Waals surface area contributed by atoms with Gasteiger partial charge in [-0.25, -0.2) is 0 Å². The molecule has 0 aliphatic rings. The Hall–Kier alpha value is -1.49. The lowest BCUT2D eigenvalue weighted by molar-refractivity contribution is 0.475. The Morgan fingerprint density at radius 1 is 1.24 bits per heavy atom. The number of hydrogen-bond acceptors (Lipinski definition) is 3. The van der Waals surface area contributed by atoms with Crippen molar-refractivity contribution < 1.29 is 0 Å². The van der Waals surface area contributed by atoms with E-state index < -0.39 is 0 Å². The average molecular weight is 312 g/mol. The highest BCUT2D eigenvalue weighted by Crippen LogP contribution is 2.14. The number of nitrogens with zero attached hydrogens (tertiary/aromatic N) is 4. The van der Waals surface area contributed by atoms with Gasteiger partial charge in [-0.1, -0.05) is 13.8 Å². The molecule has 1 N–H and O–H groups in total. The summed E-state index contributed by atoms with van der Waals surface area (Å²) in [4.78, 5) is 0. The van der Waals surface area contributed by atoms with Gasteiger partial charge in [-0.15, -0.1) is 12.4 Å². The van der Waals surface area contributed by atoms with E-state index in [2.05, 4.69) is 60.9 Å². The Morgan fingerprint density at radius 3 is 2.57 bits per heavy atom. The van der Waals surface area contributed by atoms with Gasteiger partial charge in [-0.05, 0) is 32.3 Å². The molecular formula is C15H26ClN5. The molecule has 6 heteroatoms. The average Bonchev–Trinajstić information content (AvgIpc) is 2.90. The Bertz CT molecular complexity index is 571. The molecule has 0 aromatic carbocycles. The molecule has 2 heterocycles. The highest BCUT2D eigenvalue weighted by atomic mass is 35.5. The van der Waals surface area contributed by atoms with E-state index in [1.165, 1.54) is 17.0 Å². The number of rotatable bonds is 6. The van der Waals surface area contributed by atoms with Crippen molar-refractivity contribution in [2.75, 3.05) is 5.32 Å². The van der Waals surface area contributed by atoms with Crippen LogP contribution in [0.3, 0.4) is 0 Å². The zero-order valence-corrected chi connectivity index (χ0v) is 14.4. The van der Waals surface area contributed by atoms with Crippen molar-refractivity contribution in [2.24, 2.45) is 5.92 Å². The number of halogens is 1. The quantitative estimate of drug-likeness (QED) is 0.889. The number of nitrogens with one attached hydrogen (secondary N) is 1. The summed E-state index contributed by atoms with van der Waals surface area (Å²) >= 11 is 0. The molecule has 0 saturated carbocycles. The molecule has 0 amide bonds. The monoisotopic (exact) mass is 311 g/mol. The molecule has 0 aliphatic heterocycles. The van der Waals surface area contributed by atoms with Crippen LogP contribution in [0.25, 0.3) is 0 Å². The Balaban J connectivity index is 0.00000220. The molecule has 0 spiro atoms. The van der Waals surface area contributed by atoms with Gasteiger partial charge < -0.3 is 5.32 Å². The van der Waals surface area contributed by atoms with E-state index in [1.54, 1.807) is 0 Å². The third-order valence-corrected chi connectivity index (χ3v) is 3.41. The lowest BCUT2D eigenvalue weighted by Crippen LogP contribution is -2.10. The van der Waals surface area contributed by atoms with E-state index in [0.29, 0.717) is 5.92 Å². The minimum Gasteiger partial charge on any atom is -0.363 e. The van der Waals surface area contributed by atoms with Crippen LogP contribution in [0.4, 0.5) is 5.82 Å². The van der Waals surface area contributed by atoms with Gasteiger partial charge >= 0.3 is 0 Å². The second-order valence-electron chi connectivity index (χ2n) is 5.69. The van der Waals surface area contributed by atoms with Crippen LogP contribution in [0.5, 0.6) is 0 Å². The predicted octanol–water partition coefficient (Wildman–Crippen LogP) is 3.41. The summed E-state index contributed by atoms with van der Waals surface area (Å²) in [5.74, 6) is 1.54. The standard InChI is InChI=1S/C15H25N5.ClH/c1-6-19-14(12(4)8-17-19)9-16-15-7-13(5)20(18-15)10-11(2)3;/h7-8,11H,6,9-10H2,1-5H3,(H,16,18);1H. The second-order valence-corrected chi connectivity index (χ2v) is 5.69. The van der Waals surface area contributed by atoms with Gasteiger partial charge in [0.2, 0.25) is 0 Å². The maximum absolute atomic E-state index is 4.61. The fourth-order valence-corrected chi connectivity index (χ4v) is 2.31. The van der Waals surface area contributed by atoms with Crippen molar-refractivity contribution in [2.45, 2.75) is 54.3 Å². The summed E-state index contributed by atoms with van der Waals surface area (Å²) < 4.78 is 4.09. The van der Waals surface area contributed by atoms with Crippen molar-refractivity contribution in [1.82, 2.24) is 19.6 Å². The number of hydrogen-bond donors (Lipinski definition) is 1. The summed E-state index contributed by atoms with van der Waals surface area (Å²) in [6.45, 7) is 13.3. The van der Waals surface area contributed by atoms with E-state index in [4.69, 9.17) is 0 Å². The van der Waals surface area contributed by atoms with Crippen molar-refractivity contribution in [1.29, 1.82) is 0 Å². The van der Waals surface area contributed by atoms with E-state index >= 15 is 0 Å². The molecule has 2 rings (SSSR count). The van der Waals surface area contributed by atoms with E-state index in [1.807, 2.05) is 10.9 Å². The van der Waals surface area contributed by atoms with Gasteiger partial charge in [-0.3, -0.25) is 9.36 Å². The smallest absolute Gasteiger partial charge is 0.148 e. The van der Waals surface area contributed by atoms with Crippen molar-refractivity contribution in [3.63, 3.8) is 0 Å². The van der Waals surface area contributed by atoms with Gasteiger partial charge in [0, 0.05) is 24.8 Å². The fourth-order valence-electron chi connectivity index (χ4n) is 2.31. The van der Waals surface area contributed by atoms with Crippen LogP contribution in [-0.4, -0.2) is 19.6 Å². The lowest BCUT2D eigenvalue weighted by atomic mass is 10.2. The van der Waals surface area contributed by atoms with E-state index in [0.717, 1.165) is 25.5 Å². The zero-order valence-electron chi connectivity index (χ0n) is 13.6. The maximum atomic E-state index is 4.61. The molecule has 5 nitrogen and oxygen atoms in total. The molecule has 0 bridgehead atoms. The first-order valence-corrected chi connectivity index (χ1v) is 7.30. The molecule has 0 saturated heterocycles. The van der Waals surface area contributed by atoms with Crippen LogP contribution in [0.1, 0.15) is 37.7 Å². The SMILES string of the molecule is CCn1ncc(C)c1CNc1cc(C)n(CC(C)C)n1.Cl. The fraction of sp³-hybridized carbons (Fsp3) is 0.600. The molecule has 0 atom stereocenters. The van der Waals surface area contributed by atoms with Crippen molar-refractivity contribution in [3.8, 4) is 0 Å². The van der Waals surface area contributed by atoms with Crippen LogP contribution < -0.4 is 5.32 Å². The van der Waals surface area contributed by atoms with Crippen molar-refractivity contribution >= 4 is 18.2 Å². The minimum atomic E-state index is 0. The summed E-state index contributed by atoms with van der Waals surface area (Å²) in [5.41, 5.74) is 3.64. The summed E-state index contributed by atoms with van der Waals surface area (Å²) in [6.07, 6.45) is 1.92. The number of aromatic nitrogens is 4. The normalized spacial score (nSPS) is 10.8.